The van der Waals surface area contributed by atoms with Crippen molar-refractivity contribution in [1.82, 2.24) is 10.2 Å². The summed E-state index contributed by atoms with van der Waals surface area (Å²) in [6.45, 7) is 1.77. The topological polar surface area (TPSA) is 77.2 Å². The molecule has 0 saturated heterocycles. The predicted molar refractivity (Wildman–Crippen MR) is 102 cm³/mol. The number of amides is 1. The van der Waals surface area contributed by atoms with Crippen molar-refractivity contribution < 1.29 is 13.9 Å². The number of para-hydroxylation sites is 2. The molecule has 8 heteroatoms. The molecule has 3 aromatic rings. The number of hydrogen-bond donors (Lipinski definition) is 1. The summed E-state index contributed by atoms with van der Waals surface area (Å²) in [5.41, 5.74) is 1.37. The Morgan fingerprint density at radius 1 is 1.19 bits per heavy atom. The summed E-state index contributed by atoms with van der Waals surface area (Å²) in [5, 5.41) is 11.3. The molecule has 1 amide bonds. The second kappa shape index (κ2) is 8.25. The van der Waals surface area contributed by atoms with Gasteiger partial charge in [-0.25, -0.2) is 0 Å². The van der Waals surface area contributed by atoms with Crippen LogP contribution in [-0.4, -0.2) is 28.5 Å². The van der Waals surface area contributed by atoms with E-state index >= 15 is 0 Å². The Kier molecular flexibility index (Phi) is 5.80. The molecule has 0 spiro atoms. The molecule has 0 aliphatic rings. The third-order valence-electron chi connectivity index (χ3n) is 3.51. The number of aromatic nitrogens is 2. The number of hydrogen-bond acceptors (Lipinski definition) is 6. The van der Waals surface area contributed by atoms with Crippen LogP contribution in [0.3, 0.4) is 0 Å². The van der Waals surface area contributed by atoms with E-state index in [-0.39, 0.29) is 5.91 Å². The zero-order valence-corrected chi connectivity index (χ0v) is 15.7. The molecular formula is C18H16ClN3O3S. The quantitative estimate of drug-likeness (QED) is 0.624. The van der Waals surface area contributed by atoms with Crippen LogP contribution in [-0.2, 0) is 4.79 Å². The van der Waals surface area contributed by atoms with Gasteiger partial charge in [0.15, 0.2) is 0 Å². The van der Waals surface area contributed by atoms with E-state index < -0.39 is 5.25 Å². The van der Waals surface area contributed by atoms with E-state index in [9.17, 15) is 4.79 Å². The zero-order chi connectivity index (χ0) is 18.5. The third kappa shape index (κ3) is 4.36. The van der Waals surface area contributed by atoms with Gasteiger partial charge in [-0.3, -0.25) is 4.79 Å². The number of carbonyl (C=O) groups excluding carboxylic acids is 1. The highest BCUT2D eigenvalue weighted by atomic mass is 35.5. The largest absolute Gasteiger partial charge is 0.495 e. The number of nitrogens with one attached hydrogen (secondary N) is 1. The first kappa shape index (κ1) is 18.3. The highest BCUT2D eigenvalue weighted by Crippen LogP contribution is 2.28. The van der Waals surface area contributed by atoms with Crippen molar-refractivity contribution in [2.75, 3.05) is 12.4 Å². The smallest absolute Gasteiger partial charge is 0.277 e. The minimum atomic E-state index is -0.432. The average Bonchev–Trinajstić information content (AvgIpc) is 3.11. The Morgan fingerprint density at radius 3 is 2.65 bits per heavy atom. The number of ether oxygens (including phenoxy) is 1. The van der Waals surface area contributed by atoms with E-state index in [2.05, 4.69) is 15.5 Å². The van der Waals surface area contributed by atoms with Crippen molar-refractivity contribution in [3.63, 3.8) is 0 Å². The molecule has 134 valence electrons. The maximum Gasteiger partial charge on any atom is 0.277 e. The number of anilines is 1. The first-order valence-electron chi connectivity index (χ1n) is 7.77. The van der Waals surface area contributed by atoms with Gasteiger partial charge in [-0.2, -0.15) is 0 Å². The molecule has 0 aliphatic carbocycles. The van der Waals surface area contributed by atoms with E-state index in [1.54, 1.807) is 50.4 Å². The van der Waals surface area contributed by atoms with E-state index in [1.165, 1.54) is 11.8 Å². The summed E-state index contributed by atoms with van der Waals surface area (Å²) in [7, 11) is 1.56. The molecule has 6 nitrogen and oxygen atoms in total. The highest BCUT2D eigenvalue weighted by molar-refractivity contribution is 8.00. The summed E-state index contributed by atoms with van der Waals surface area (Å²) in [5.74, 6) is 0.785. The molecule has 1 atom stereocenters. The Labute approximate surface area is 159 Å². The van der Waals surface area contributed by atoms with E-state index in [1.807, 2.05) is 12.1 Å². The minimum Gasteiger partial charge on any atom is -0.495 e. The number of nitrogens with zero attached hydrogens (tertiary/aromatic N) is 2. The van der Waals surface area contributed by atoms with Crippen LogP contribution < -0.4 is 10.1 Å². The first-order valence-corrected chi connectivity index (χ1v) is 9.02. The molecule has 0 saturated carbocycles. The van der Waals surface area contributed by atoms with Crippen molar-refractivity contribution in [3.05, 3.63) is 53.6 Å². The Hall–Kier alpha value is -2.51. The molecular weight excluding hydrogens is 374 g/mol. The summed E-state index contributed by atoms with van der Waals surface area (Å²) in [4.78, 5) is 12.4. The minimum absolute atomic E-state index is 0.189. The van der Waals surface area contributed by atoms with Crippen molar-refractivity contribution in [1.29, 1.82) is 0 Å². The fraction of sp³-hybridized carbons (Fsp3) is 0.167. The average molecular weight is 390 g/mol. The van der Waals surface area contributed by atoms with Gasteiger partial charge in [0.1, 0.15) is 5.75 Å². The van der Waals surface area contributed by atoms with Crippen LogP contribution in [0.4, 0.5) is 5.69 Å². The van der Waals surface area contributed by atoms with E-state index in [4.69, 9.17) is 20.8 Å². The molecule has 26 heavy (non-hydrogen) atoms. The normalized spacial score (nSPS) is 11.8. The van der Waals surface area contributed by atoms with Crippen LogP contribution in [0, 0.1) is 0 Å². The van der Waals surface area contributed by atoms with Gasteiger partial charge in [0, 0.05) is 10.6 Å². The summed E-state index contributed by atoms with van der Waals surface area (Å²) in [6, 6.07) is 14.3. The number of carbonyl (C=O) groups is 1. The molecule has 1 aromatic heterocycles. The summed E-state index contributed by atoms with van der Waals surface area (Å²) in [6.07, 6.45) is 0. The van der Waals surface area contributed by atoms with Crippen LogP contribution in [0.25, 0.3) is 11.5 Å². The Balaban J connectivity index is 1.65. The van der Waals surface area contributed by atoms with E-state index in [0.29, 0.717) is 27.6 Å². The van der Waals surface area contributed by atoms with Crippen molar-refractivity contribution in [2.24, 2.45) is 0 Å². The van der Waals surface area contributed by atoms with Gasteiger partial charge in [0.05, 0.1) is 18.0 Å². The fourth-order valence-electron chi connectivity index (χ4n) is 2.15. The van der Waals surface area contributed by atoms with Crippen LogP contribution in [0.2, 0.25) is 5.02 Å². The second-order valence-electron chi connectivity index (χ2n) is 5.33. The highest BCUT2D eigenvalue weighted by Gasteiger charge is 2.20. The maximum atomic E-state index is 12.4. The van der Waals surface area contributed by atoms with E-state index in [0.717, 1.165) is 5.56 Å². The summed E-state index contributed by atoms with van der Waals surface area (Å²) >= 11 is 7.06. The van der Waals surface area contributed by atoms with Crippen LogP contribution in [0.1, 0.15) is 6.92 Å². The lowest BCUT2D eigenvalue weighted by Crippen LogP contribution is -2.22. The van der Waals surface area contributed by atoms with Gasteiger partial charge >= 0.3 is 0 Å². The van der Waals surface area contributed by atoms with Crippen molar-refractivity contribution >= 4 is 35.0 Å². The van der Waals surface area contributed by atoms with Crippen molar-refractivity contribution in [3.8, 4) is 17.2 Å². The van der Waals surface area contributed by atoms with Crippen LogP contribution in [0.15, 0.2) is 58.2 Å². The molecule has 1 N–H and O–H groups in total. The number of methoxy groups -OCH3 is 1. The molecule has 1 heterocycles. The number of thioether (sulfide) groups is 1. The Bertz CT molecular complexity index is 899. The zero-order valence-electron chi connectivity index (χ0n) is 14.1. The van der Waals surface area contributed by atoms with Crippen LogP contribution in [0.5, 0.6) is 5.75 Å². The second-order valence-corrected chi connectivity index (χ2v) is 7.06. The van der Waals surface area contributed by atoms with Gasteiger partial charge < -0.3 is 14.5 Å². The number of halogens is 1. The molecule has 1 unspecified atom stereocenters. The first-order chi connectivity index (χ1) is 12.6. The Morgan fingerprint density at radius 2 is 1.92 bits per heavy atom. The molecule has 0 fully saturated rings. The lowest BCUT2D eigenvalue weighted by Gasteiger charge is -2.12. The fourth-order valence-corrected chi connectivity index (χ4v) is 2.96. The lowest BCUT2D eigenvalue weighted by molar-refractivity contribution is -0.115. The maximum absolute atomic E-state index is 12.4. The molecule has 3 rings (SSSR count). The monoisotopic (exact) mass is 389 g/mol. The van der Waals surface area contributed by atoms with Gasteiger partial charge in [-0.05, 0) is 43.3 Å². The molecule has 0 aliphatic heterocycles. The lowest BCUT2D eigenvalue weighted by atomic mass is 10.2. The van der Waals surface area contributed by atoms with Crippen molar-refractivity contribution in [2.45, 2.75) is 17.4 Å². The predicted octanol–water partition coefficient (Wildman–Crippen LogP) is 4.52. The molecule has 2 aromatic carbocycles. The third-order valence-corrected chi connectivity index (χ3v) is 4.70. The van der Waals surface area contributed by atoms with Gasteiger partial charge in [0.2, 0.25) is 11.8 Å². The molecule has 0 radical (unpaired) electrons. The van der Waals surface area contributed by atoms with Gasteiger partial charge in [-0.1, -0.05) is 35.5 Å². The SMILES string of the molecule is COc1ccccc1NC(=O)C(C)Sc1nnc(-c2ccc(Cl)cc2)o1. The van der Waals surface area contributed by atoms with Gasteiger partial charge in [-0.15, -0.1) is 10.2 Å². The number of benzene rings is 2. The molecule has 0 bridgehead atoms. The summed E-state index contributed by atoms with van der Waals surface area (Å²) < 4.78 is 10.9. The standard InChI is InChI=1S/C18H16ClN3O3S/c1-11(16(23)20-14-5-3-4-6-15(14)24-2)26-18-22-21-17(25-18)12-7-9-13(19)10-8-12/h3-11H,1-2H3,(H,20,23). The number of rotatable bonds is 6. The van der Waals surface area contributed by atoms with Crippen LogP contribution >= 0.6 is 23.4 Å². The van der Waals surface area contributed by atoms with Gasteiger partial charge in [0.25, 0.3) is 5.22 Å².